The van der Waals surface area contributed by atoms with Crippen LogP contribution < -0.4 is 5.73 Å². The predicted octanol–water partition coefficient (Wildman–Crippen LogP) is 1.02. The van der Waals surface area contributed by atoms with E-state index in [0.29, 0.717) is 11.1 Å². The molecule has 3 aliphatic carbocycles. The number of hydrogen-bond acceptors (Lipinski definition) is 9. The number of fused-ring (bicyclic) bond motifs is 3. The quantitative estimate of drug-likeness (QED) is 0.333. The van der Waals surface area contributed by atoms with Gasteiger partial charge >= 0.3 is 0 Å². The van der Waals surface area contributed by atoms with Gasteiger partial charge in [0.15, 0.2) is 11.4 Å². The summed E-state index contributed by atoms with van der Waals surface area (Å²) in [5.74, 6) is -7.21. The number of likely N-dealkylation sites (N-methyl/N-ethyl adjacent to an activating group) is 1. The Kier molecular flexibility index (Phi) is 6.87. The van der Waals surface area contributed by atoms with Crippen molar-refractivity contribution in [3.63, 3.8) is 0 Å². The Bertz CT molecular complexity index is 1280. The number of nitrogens with two attached hydrogens (primary N) is 1. The number of aliphatic hydroxyl groups is 3. The molecule has 0 unspecified atom stereocenters. The highest BCUT2D eigenvalue weighted by molar-refractivity contribution is 6.32. The molecule has 12 heteroatoms. The molecule has 6 N–H and O–H groups in total. The van der Waals surface area contributed by atoms with Crippen LogP contribution in [0.3, 0.4) is 0 Å². The Morgan fingerprint density at radius 1 is 1.24 bits per heavy atom. The van der Waals surface area contributed by atoms with Crippen LogP contribution in [0.25, 0.3) is 5.76 Å². The number of phenolic OH excluding ortho intramolecular Hbond substituents is 1. The Labute approximate surface area is 217 Å². The molecule has 0 heterocycles. The number of rotatable bonds is 6. The smallest absolute Gasteiger partial charge is 0.255 e. The first-order valence-electron chi connectivity index (χ1n) is 11.7. The van der Waals surface area contributed by atoms with Gasteiger partial charge < -0.3 is 26.2 Å². The number of alkyl halides is 1. The molecule has 1 saturated carbocycles. The van der Waals surface area contributed by atoms with Gasteiger partial charge in [0.25, 0.3) is 5.91 Å². The average Bonchev–Trinajstić information content (AvgIpc) is 2.79. The van der Waals surface area contributed by atoms with E-state index in [0.717, 1.165) is 0 Å². The fraction of sp³-hybridized carbons (Fsp3) is 0.480. The van der Waals surface area contributed by atoms with Gasteiger partial charge in [-0.1, -0.05) is 11.6 Å². The second kappa shape index (κ2) is 9.39. The Morgan fingerprint density at radius 3 is 2.46 bits per heavy atom. The second-order valence-corrected chi connectivity index (χ2v) is 10.5. The number of benzene rings is 1. The first-order chi connectivity index (χ1) is 17.3. The molecular formula is C25H29ClFN3O7. The number of aromatic hydroxyl groups is 1. The van der Waals surface area contributed by atoms with Crippen LogP contribution in [0.15, 0.2) is 23.0 Å². The standard InChI is InChI=1S/C25H29ClFN3O7/c1-29(2)19-13-7-10-6-12-16(14(31)8-11(18(12)26)9-30(3)5-4-27)20(32)15(10)22(34)25(13,37)23(35)17(21(19)33)24(28)36/h8,10,13,19,31-32,35,37H,4-7,9H2,1-3H3,(H2,28,36)/t10-,13-,19-,25-/m0/s1. The summed E-state index contributed by atoms with van der Waals surface area (Å²) in [4.78, 5) is 42.0. The molecule has 0 aromatic heterocycles. The van der Waals surface area contributed by atoms with Crippen molar-refractivity contribution in [2.24, 2.45) is 17.6 Å². The van der Waals surface area contributed by atoms with Gasteiger partial charge in [-0.15, -0.1) is 0 Å². The molecule has 1 aromatic carbocycles. The Hall–Kier alpha value is -2.99. The van der Waals surface area contributed by atoms with Crippen molar-refractivity contribution in [3.8, 4) is 5.75 Å². The summed E-state index contributed by atoms with van der Waals surface area (Å²) < 4.78 is 12.8. The fourth-order valence-corrected chi connectivity index (χ4v) is 6.26. The largest absolute Gasteiger partial charge is 0.508 e. The summed E-state index contributed by atoms with van der Waals surface area (Å²) in [6.07, 6.45) is 0.0520. The number of carbonyl (C=O) groups excluding carboxylic acids is 3. The lowest BCUT2D eigenvalue weighted by Gasteiger charge is -2.50. The van der Waals surface area contributed by atoms with Crippen LogP contribution in [-0.2, 0) is 27.3 Å². The Morgan fingerprint density at radius 2 is 1.89 bits per heavy atom. The van der Waals surface area contributed by atoms with Crippen LogP contribution in [0.4, 0.5) is 4.39 Å². The third-order valence-electron chi connectivity index (χ3n) is 7.64. The molecule has 37 heavy (non-hydrogen) atoms. The SMILES string of the molecule is CN(CCF)Cc1cc(O)c2c(c1Cl)C[C@H]1C[C@H]3[C@H](N(C)C)C(=O)C(C(N)=O)=C(O)[C@@]3(O)C(=O)C1=C2O. The number of Topliss-reactive ketones (excluding diaryl/α,β-unsaturated/α-hetero) is 2. The van der Waals surface area contributed by atoms with E-state index < -0.39 is 64.7 Å². The van der Waals surface area contributed by atoms with Crippen LogP contribution in [0, 0.1) is 11.8 Å². The topological polar surface area (TPSA) is 165 Å². The number of halogens is 2. The van der Waals surface area contributed by atoms with Crippen LogP contribution in [0.2, 0.25) is 5.02 Å². The number of phenols is 1. The molecular weight excluding hydrogens is 509 g/mol. The van der Waals surface area contributed by atoms with Crippen molar-refractivity contribution in [2.45, 2.75) is 31.0 Å². The van der Waals surface area contributed by atoms with E-state index >= 15 is 0 Å². The average molecular weight is 538 g/mol. The third kappa shape index (κ3) is 3.92. The van der Waals surface area contributed by atoms with Crippen molar-refractivity contribution in [1.82, 2.24) is 9.80 Å². The van der Waals surface area contributed by atoms with Crippen molar-refractivity contribution >= 4 is 34.8 Å². The predicted molar refractivity (Wildman–Crippen MR) is 132 cm³/mol. The number of hydrogen-bond donors (Lipinski definition) is 5. The summed E-state index contributed by atoms with van der Waals surface area (Å²) in [5.41, 5.74) is 2.28. The lowest BCUT2D eigenvalue weighted by molar-refractivity contribution is -0.153. The van der Waals surface area contributed by atoms with Crippen molar-refractivity contribution in [1.29, 1.82) is 0 Å². The van der Waals surface area contributed by atoms with Crippen molar-refractivity contribution in [2.75, 3.05) is 34.4 Å². The van der Waals surface area contributed by atoms with Crippen LogP contribution in [0.1, 0.15) is 23.1 Å². The monoisotopic (exact) mass is 537 g/mol. The van der Waals surface area contributed by atoms with Gasteiger partial charge in [0.2, 0.25) is 5.78 Å². The number of ketones is 2. The van der Waals surface area contributed by atoms with E-state index in [9.17, 15) is 39.2 Å². The van der Waals surface area contributed by atoms with Gasteiger partial charge in [0, 0.05) is 29.6 Å². The Balaban J connectivity index is 1.90. The minimum Gasteiger partial charge on any atom is -0.508 e. The summed E-state index contributed by atoms with van der Waals surface area (Å²) in [6, 6.07) is 0.156. The van der Waals surface area contributed by atoms with E-state index in [2.05, 4.69) is 0 Å². The number of amides is 1. The fourth-order valence-electron chi connectivity index (χ4n) is 5.98. The summed E-state index contributed by atoms with van der Waals surface area (Å²) in [7, 11) is 4.75. The minimum absolute atomic E-state index is 0.0329. The summed E-state index contributed by atoms with van der Waals surface area (Å²) >= 11 is 6.66. The molecule has 0 radical (unpaired) electrons. The highest BCUT2D eigenvalue weighted by atomic mass is 35.5. The van der Waals surface area contributed by atoms with Crippen molar-refractivity contribution in [3.05, 3.63) is 44.7 Å². The summed E-state index contributed by atoms with van der Waals surface area (Å²) in [5, 5.41) is 44.6. The highest BCUT2D eigenvalue weighted by Crippen LogP contribution is 2.53. The molecule has 0 saturated heterocycles. The van der Waals surface area contributed by atoms with Gasteiger partial charge in [-0.3, -0.25) is 24.2 Å². The minimum atomic E-state index is -2.70. The molecule has 200 valence electrons. The highest BCUT2D eigenvalue weighted by Gasteiger charge is 2.64. The van der Waals surface area contributed by atoms with Crippen molar-refractivity contribution < 1.29 is 39.2 Å². The number of aliphatic hydroxyl groups excluding tert-OH is 2. The zero-order valence-electron chi connectivity index (χ0n) is 20.6. The lowest BCUT2D eigenvalue weighted by atomic mass is 9.57. The van der Waals surface area contributed by atoms with Gasteiger partial charge in [0.05, 0.1) is 11.6 Å². The second-order valence-electron chi connectivity index (χ2n) is 10.1. The van der Waals surface area contributed by atoms with Crippen LogP contribution >= 0.6 is 11.6 Å². The molecule has 4 atom stereocenters. The number of carbonyl (C=O) groups is 3. The molecule has 1 aromatic rings. The van der Waals surface area contributed by atoms with Gasteiger partial charge in [-0.05, 0) is 57.1 Å². The first kappa shape index (κ1) is 27.1. The molecule has 1 amide bonds. The van der Waals surface area contributed by atoms with Crippen LogP contribution in [-0.4, -0.2) is 93.7 Å². The molecule has 0 aliphatic heterocycles. The van der Waals surface area contributed by atoms with Gasteiger partial charge in [0.1, 0.15) is 29.5 Å². The zero-order chi connectivity index (χ0) is 27.6. The maximum atomic E-state index is 13.8. The third-order valence-corrected chi connectivity index (χ3v) is 8.11. The van der Waals surface area contributed by atoms with E-state index in [-0.39, 0.29) is 47.8 Å². The lowest BCUT2D eigenvalue weighted by Crippen LogP contribution is -2.65. The van der Waals surface area contributed by atoms with E-state index in [1.807, 2.05) is 0 Å². The number of primary amides is 1. The van der Waals surface area contributed by atoms with E-state index in [1.54, 1.807) is 11.9 Å². The molecule has 0 spiro atoms. The zero-order valence-corrected chi connectivity index (χ0v) is 21.3. The van der Waals surface area contributed by atoms with E-state index in [4.69, 9.17) is 17.3 Å². The molecule has 10 nitrogen and oxygen atoms in total. The first-order valence-corrected chi connectivity index (χ1v) is 12.1. The maximum absolute atomic E-state index is 13.8. The normalized spacial score (nSPS) is 27.5. The van der Waals surface area contributed by atoms with Gasteiger partial charge in [-0.25, -0.2) is 4.39 Å². The number of nitrogens with zero attached hydrogens (tertiary/aromatic N) is 2. The van der Waals surface area contributed by atoms with E-state index in [1.165, 1.54) is 25.1 Å². The van der Waals surface area contributed by atoms with Gasteiger partial charge in [-0.2, -0.15) is 0 Å². The maximum Gasteiger partial charge on any atom is 0.255 e. The van der Waals surface area contributed by atoms with Crippen LogP contribution in [0.5, 0.6) is 5.75 Å². The molecule has 0 bridgehead atoms. The molecule has 3 aliphatic rings. The molecule has 1 fully saturated rings. The molecule has 4 rings (SSSR count). The summed E-state index contributed by atoms with van der Waals surface area (Å²) in [6.45, 7) is -0.208.